The molecule has 1 aliphatic heterocycles. The Morgan fingerprint density at radius 3 is 2.16 bits per heavy atom. The first-order valence-electron chi connectivity index (χ1n) is 11.9. The van der Waals surface area contributed by atoms with E-state index in [0.29, 0.717) is 12.0 Å². The van der Waals surface area contributed by atoms with E-state index < -0.39 is 0 Å². The summed E-state index contributed by atoms with van der Waals surface area (Å²) in [4.78, 5) is 5.30. The minimum Gasteiger partial charge on any atom is -0.493 e. The molecule has 3 aliphatic rings. The average Bonchev–Trinajstić information content (AvgIpc) is 3.35. The van der Waals surface area contributed by atoms with Crippen LogP contribution >= 0.6 is 0 Å². The van der Waals surface area contributed by atoms with E-state index in [9.17, 15) is 0 Å². The van der Waals surface area contributed by atoms with E-state index in [4.69, 9.17) is 23.9 Å². The fourth-order valence-corrected chi connectivity index (χ4v) is 5.60. The Labute approximate surface area is 190 Å². The topological polar surface area (TPSA) is 49.3 Å². The van der Waals surface area contributed by atoms with E-state index >= 15 is 0 Å². The van der Waals surface area contributed by atoms with Crippen LogP contribution in [-0.2, 0) is 0 Å². The van der Waals surface area contributed by atoms with Crippen molar-refractivity contribution in [1.29, 1.82) is 0 Å². The lowest BCUT2D eigenvalue weighted by atomic mass is 9.75. The van der Waals surface area contributed by atoms with Gasteiger partial charge in [0, 0.05) is 17.0 Å². The Balaban J connectivity index is 1.60. The van der Waals surface area contributed by atoms with Crippen molar-refractivity contribution in [3.63, 3.8) is 0 Å². The van der Waals surface area contributed by atoms with Crippen LogP contribution in [-0.4, -0.2) is 39.2 Å². The third kappa shape index (κ3) is 3.82. The van der Waals surface area contributed by atoms with Gasteiger partial charge in [-0.3, -0.25) is 4.99 Å². The molecule has 2 aromatic carbocycles. The van der Waals surface area contributed by atoms with Gasteiger partial charge in [0.2, 0.25) is 0 Å². The van der Waals surface area contributed by atoms with Gasteiger partial charge in [0.25, 0.3) is 0 Å². The molecule has 0 bridgehead atoms. The number of methoxy groups -OCH3 is 3. The highest BCUT2D eigenvalue weighted by Crippen LogP contribution is 2.45. The maximum absolute atomic E-state index is 6.38. The van der Waals surface area contributed by atoms with E-state index in [1.54, 1.807) is 21.3 Å². The van der Waals surface area contributed by atoms with Gasteiger partial charge in [-0.15, -0.1) is 0 Å². The van der Waals surface area contributed by atoms with Crippen molar-refractivity contribution in [3.05, 3.63) is 47.0 Å². The van der Waals surface area contributed by atoms with Crippen LogP contribution in [0, 0.1) is 0 Å². The van der Waals surface area contributed by atoms with Gasteiger partial charge in [0.15, 0.2) is 23.0 Å². The summed E-state index contributed by atoms with van der Waals surface area (Å²) >= 11 is 0. The second-order valence-electron chi connectivity index (χ2n) is 9.12. The smallest absolute Gasteiger partial charge is 0.162 e. The van der Waals surface area contributed by atoms with E-state index in [2.05, 4.69) is 24.3 Å². The molecule has 1 heterocycles. The van der Waals surface area contributed by atoms with Gasteiger partial charge in [-0.05, 0) is 74.4 Å². The van der Waals surface area contributed by atoms with Crippen LogP contribution in [0.2, 0.25) is 0 Å². The first kappa shape index (κ1) is 21.2. The normalized spacial score (nSPS) is 22.5. The summed E-state index contributed by atoms with van der Waals surface area (Å²) in [6.45, 7) is 0. The summed E-state index contributed by atoms with van der Waals surface area (Å²) in [5.41, 5.74) is 4.55. The molecule has 0 aromatic heterocycles. The zero-order valence-corrected chi connectivity index (χ0v) is 19.4. The highest BCUT2D eigenvalue weighted by atomic mass is 16.5. The summed E-state index contributed by atoms with van der Waals surface area (Å²) in [5, 5.41) is 0. The van der Waals surface area contributed by atoms with Crippen LogP contribution in [0.25, 0.3) is 0 Å². The van der Waals surface area contributed by atoms with Gasteiger partial charge < -0.3 is 18.9 Å². The summed E-state index contributed by atoms with van der Waals surface area (Å²) in [6.07, 6.45) is 9.74. The van der Waals surface area contributed by atoms with E-state index in [1.165, 1.54) is 37.7 Å². The Hall–Kier alpha value is -2.69. The third-order valence-corrected chi connectivity index (χ3v) is 7.27. The van der Waals surface area contributed by atoms with Crippen molar-refractivity contribution < 1.29 is 18.9 Å². The zero-order valence-electron chi connectivity index (χ0n) is 19.4. The first-order valence-corrected chi connectivity index (χ1v) is 11.9. The Morgan fingerprint density at radius 2 is 1.41 bits per heavy atom. The fraction of sp³-hybridized carbons (Fsp3) is 0.519. The Kier molecular flexibility index (Phi) is 5.99. The predicted octanol–water partition coefficient (Wildman–Crippen LogP) is 5.91. The van der Waals surface area contributed by atoms with Gasteiger partial charge >= 0.3 is 0 Å². The van der Waals surface area contributed by atoms with E-state index in [1.807, 2.05) is 6.07 Å². The third-order valence-electron chi connectivity index (χ3n) is 7.27. The number of hydrogen-bond donors (Lipinski definition) is 0. The van der Waals surface area contributed by atoms with Gasteiger partial charge in [0.05, 0.1) is 39.2 Å². The molecule has 0 unspecified atom stereocenters. The molecule has 170 valence electrons. The lowest BCUT2D eigenvalue weighted by Gasteiger charge is -2.36. The first-order chi connectivity index (χ1) is 15.7. The minimum absolute atomic E-state index is 0.270. The van der Waals surface area contributed by atoms with Crippen molar-refractivity contribution in [2.75, 3.05) is 21.3 Å². The second-order valence-corrected chi connectivity index (χ2v) is 9.12. The second kappa shape index (κ2) is 9.05. The van der Waals surface area contributed by atoms with Crippen LogP contribution in [0.15, 0.2) is 35.3 Å². The molecule has 0 radical (unpaired) electrons. The molecule has 2 atom stereocenters. The van der Waals surface area contributed by atoms with E-state index in [0.717, 1.165) is 59.1 Å². The average molecular weight is 436 g/mol. The van der Waals surface area contributed by atoms with Crippen LogP contribution < -0.4 is 18.9 Å². The molecule has 0 N–H and O–H groups in total. The largest absolute Gasteiger partial charge is 0.493 e. The summed E-state index contributed by atoms with van der Waals surface area (Å²) < 4.78 is 23.3. The number of aliphatic imine (C=N–C) groups is 1. The molecule has 0 amide bonds. The molecule has 0 spiro atoms. The van der Waals surface area contributed by atoms with Crippen molar-refractivity contribution >= 4 is 5.71 Å². The molecular formula is C27H33NO4. The van der Waals surface area contributed by atoms with Crippen molar-refractivity contribution in [2.24, 2.45) is 4.99 Å². The van der Waals surface area contributed by atoms with Crippen molar-refractivity contribution in [2.45, 2.75) is 69.4 Å². The number of rotatable bonds is 6. The van der Waals surface area contributed by atoms with Crippen LogP contribution in [0.3, 0.4) is 0 Å². The van der Waals surface area contributed by atoms with Gasteiger partial charge in [-0.1, -0.05) is 12.8 Å². The van der Waals surface area contributed by atoms with Crippen molar-refractivity contribution in [3.8, 4) is 23.0 Å². The van der Waals surface area contributed by atoms with E-state index in [-0.39, 0.29) is 6.10 Å². The summed E-state index contributed by atoms with van der Waals surface area (Å²) in [7, 11) is 5.10. The van der Waals surface area contributed by atoms with Crippen LogP contribution in [0.4, 0.5) is 0 Å². The molecule has 5 heteroatoms. The molecule has 32 heavy (non-hydrogen) atoms. The summed E-state index contributed by atoms with van der Waals surface area (Å²) in [6, 6.07) is 10.8. The Bertz CT molecular complexity index is 1010. The number of hydrogen-bond acceptors (Lipinski definition) is 5. The molecule has 5 rings (SSSR count). The number of nitrogens with zero attached hydrogens (tertiary/aromatic N) is 1. The maximum atomic E-state index is 6.38. The quantitative estimate of drug-likeness (QED) is 0.566. The number of fused-ring (bicyclic) bond motifs is 3. The standard InChI is InChI=1S/C27H33NO4/c1-29-23-13-12-17(14-26(23)32-18-8-4-5-9-18)27-21-16-25(31-3)24(30-2)15-20(21)19-10-6-7-11-22(19)28-27/h12-16,18-19,22H,4-11H2,1-3H3/t19-,22-/m1/s1. The lowest BCUT2D eigenvalue weighted by molar-refractivity contribution is 0.201. The van der Waals surface area contributed by atoms with Gasteiger partial charge in [-0.25, -0.2) is 0 Å². The SMILES string of the molecule is COc1cc2c(cc1OC)[C@H]1CCCC[C@H]1N=C2c1ccc(OC)c(OC2CCCC2)c1. The van der Waals surface area contributed by atoms with Crippen LogP contribution in [0.5, 0.6) is 23.0 Å². The van der Waals surface area contributed by atoms with Crippen LogP contribution in [0.1, 0.15) is 74.0 Å². The molecule has 5 nitrogen and oxygen atoms in total. The summed E-state index contributed by atoms with van der Waals surface area (Å²) in [5.74, 6) is 3.56. The lowest BCUT2D eigenvalue weighted by Crippen LogP contribution is -2.29. The molecule has 2 saturated carbocycles. The highest BCUT2D eigenvalue weighted by molar-refractivity contribution is 6.15. The van der Waals surface area contributed by atoms with Crippen molar-refractivity contribution in [1.82, 2.24) is 0 Å². The van der Waals surface area contributed by atoms with Gasteiger partial charge in [-0.2, -0.15) is 0 Å². The van der Waals surface area contributed by atoms with Gasteiger partial charge in [0.1, 0.15) is 0 Å². The zero-order chi connectivity index (χ0) is 22.1. The number of ether oxygens (including phenoxy) is 4. The molecule has 2 fully saturated rings. The predicted molar refractivity (Wildman–Crippen MR) is 126 cm³/mol. The highest BCUT2D eigenvalue weighted by Gasteiger charge is 2.35. The molecular weight excluding hydrogens is 402 g/mol. The Morgan fingerprint density at radius 1 is 0.719 bits per heavy atom. The maximum Gasteiger partial charge on any atom is 0.162 e. The molecule has 0 saturated heterocycles. The minimum atomic E-state index is 0.270. The molecule has 2 aromatic rings. The number of benzene rings is 2. The monoisotopic (exact) mass is 435 g/mol. The molecule has 2 aliphatic carbocycles. The fourth-order valence-electron chi connectivity index (χ4n) is 5.60.